The summed E-state index contributed by atoms with van der Waals surface area (Å²) in [5.74, 6) is 0. The van der Waals surface area contributed by atoms with Crippen LogP contribution in [0.25, 0.3) is 0 Å². The van der Waals surface area contributed by atoms with Gasteiger partial charge in [-0.05, 0) is 25.7 Å². The molecule has 0 saturated carbocycles. The van der Waals surface area contributed by atoms with Gasteiger partial charge in [0.1, 0.15) is 0 Å². The zero-order valence-corrected chi connectivity index (χ0v) is 9.65. The zero-order chi connectivity index (χ0) is 9.45. The third-order valence-corrected chi connectivity index (χ3v) is 4.22. The molecule has 0 N–H and O–H groups in total. The largest absolute Gasteiger partial charge is 0.331 e. The quantitative estimate of drug-likeness (QED) is 0.434. The Balaban J connectivity index is 3.84. The maximum absolute atomic E-state index is 11.0. The smallest absolute Gasteiger partial charge is 0.0768 e. The first kappa shape index (κ1) is 12.1. The Morgan fingerprint density at radius 3 is 2.00 bits per heavy atom. The topological polar surface area (TPSA) is 17.1 Å². The highest BCUT2D eigenvalue weighted by molar-refractivity contribution is 7.26. The minimum absolute atomic E-state index is 0.120. The van der Waals surface area contributed by atoms with E-state index in [2.05, 4.69) is 20.8 Å². The molecule has 0 aliphatic rings. The average molecular weight is 189 g/mol. The van der Waals surface area contributed by atoms with Gasteiger partial charge >= 0.3 is 8.46 Å². The predicted molar refractivity (Wildman–Crippen MR) is 56.5 cm³/mol. The molecule has 0 spiro atoms. The third kappa shape index (κ3) is 3.67. The Labute approximate surface area is 78.1 Å². The summed E-state index contributed by atoms with van der Waals surface area (Å²) in [7, 11) is -0.120. The predicted octanol–water partition coefficient (Wildman–Crippen LogP) is 4.15. The van der Waals surface area contributed by atoms with Crippen molar-refractivity contribution >= 4 is 8.46 Å². The molecule has 0 aromatic carbocycles. The van der Waals surface area contributed by atoms with E-state index in [4.69, 9.17) is 0 Å². The Hall–Kier alpha value is 0.100. The molecule has 0 aromatic heterocycles. The lowest BCUT2D eigenvalue weighted by Gasteiger charge is -2.16. The highest BCUT2D eigenvalue weighted by Crippen LogP contribution is 2.35. The minimum Gasteiger partial charge on any atom is -0.0768 e. The molecule has 2 heteroatoms. The fourth-order valence-electron chi connectivity index (χ4n) is 1.51. The van der Waals surface area contributed by atoms with E-state index in [-0.39, 0.29) is 13.6 Å². The summed E-state index contributed by atoms with van der Waals surface area (Å²) in [6.07, 6.45) is 7.06. The molecule has 0 aliphatic heterocycles. The summed E-state index contributed by atoms with van der Waals surface area (Å²) in [6.45, 7) is 6.51. The summed E-state index contributed by atoms with van der Waals surface area (Å²) in [5, 5.41) is 0.148. The lowest BCUT2D eigenvalue weighted by molar-refractivity contribution is 0.454. The molecule has 1 atom stereocenters. The lowest BCUT2D eigenvalue weighted by Crippen LogP contribution is -2.18. The van der Waals surface area contributed by atoms with Crippen molar-refractivity contribution in [3.8, 4) is 0 Å². The molecule has 0 amide bonds. The van der Waals surface area contributed by atoms with Crippen LogP contribution in [0.1, 0.15) is 59.3 Å². The van der Waals surface area contributed by atoms with Gasteiger partial charge in [-0.25, -0.2) is 0 Å². The van der Waals surface area contributed by atoms with Crippen LogP contribution in [0.15, 0.2) is 0 Å². The molecule has 12 heavy (non-hydrogen) atoms. The van der Waals surface area contributed by atoms with Gasteiger partial charge in [0.2, 0.25) is 0 Å². The number of rotatable bonds is 7. The van der Waals surface area contributed by atoms with Gasteiger partial charge in [-0.2, -0.15) is 0 Å². The standard InChI is InChI=1S/C10H21OP/c1-4-7-8-9-10(5-2,6-3)12-11/h4-9H2,1-3H3/p+1. The molecule has 0 saturated heterocycles. The maximum Gasteiger partial charge on any atom is 0.331 e. The first-order valence-corrected chi connectivity index (χ1v) is 6.04. The summed E-state index contributed by atoms with van der Waals surface area (Å²) in [6, 6.07) is 0. The number of unbranched alkanes of at least 4 members (excludes halogenated alkanes) is 2. The van der Waals surface area contributed by atoms with Crippen LogP contribution in [0, 0.1) is 0 Å². The van der Waals surface area contributed by atoms with Crippen molar-refractivity contribution < 1.29 is 4.57 Å². The highest BCUT2D eigenvalue weighted by Gasteiger charge is 2.33. The van der Waals surface area contributed by atoms with Crippen molar-refractivity contribution in [1.29, 1.82) is 0 Å². The molecule has 1 unspecified atom stereocenters. The van der Waals surface area contributed by atoms with Crippen LogP contribution in [0.3, 0.4) is 0 Å². The van der Waals surface area contributed by atoms with Gasteiger partial charge in [0.25, 0.3) is 0 Å². The van der Waals surface area contributed by atoms with E-state index in [1.807, 2.05) is 0 Å². The van der Waals surface area contributed by atoms with Crippen molar-refractivity contribution in [1.82, 2.24) is 0 Å². The molecule has 0 fully saturated rings. The minimum atomic E-state index is -0.120. The summed E-state index contributed by atoms with van der Waals surface area (Å²) >= 11 is 0. The molecule has 0 aromatic rings. The Kier molecular flexibility index (Phi) is 6.65. The van der Waals surface area contributed by atoms with Crippen LogP contribution in [0.4, 0.5) is 0 Å². The van der Waals surface area contributed by atoms with Crippen molar-refractivity contribution in [3.05, 3.63) is 0 Å². The van der Waals surface area contributed by atoms with Gasteiger partial charge in [-0.1, -0.05) is 38.2 Å². The molecule has 0 rings (SSSR count). The van der Waals surface area contributed by atoms with Crippen LogP contribution >= 0.6 is 8.46 Å². The zero-order valence-electron chi connectivity index (χ0n) is 8.65. The van der Waals surface area contributed by atoms with Crippen LogP contribution in [-0.4, -0.2) is 5.16 Å². The summed E-state index contributed by atoms with van der Waals surface area (Å²) in [5.41, 5.74) is 0. The lowest BCUT2D eigenvalue weighted by atomic mass is 9.95. The van der Waals surface area contributed by atoms with E-state index >= 15 is 0 Å². The number of hydrogen-bond acceptors (Lipinski definition) is 1. The molecule has 0 heterocycles. The van der Waals surface area contributed by atoms with E-state index in [1.54, 1.807) is 0 Å². The maximum atomic E-state index is 11.0. The molecule has 0 radical (unpaired) electrons. The van der Waals surface area contributed by atoms with Gasteiger partial charge in [0.05, 0.1) is 0 Å². The van der Waals surface area contributed by atoms with E-state index < -0.39 is 0 Å². The fraction of sp³-hybridized carbons (Fsp3) is 1.00. The van der Waals surface area contributed by atoms with E-state index in [0.29, 0.717) is 0 Å². The van der Waals surface area contributed by atoms with E-state index in [9.17, 15) is 4.57 Å². The molecule has 72 valence electrons. The van der Waals surface area contributed by atoms with E-state index in [1.165, 1.54) is 19.3 Å². The van der Waals surface area contributed by atoms with Gasteiger partial charge in [0, 0.05) is 0 Å². The first-order valence-electron chi connectivity index (χ1n) is 5.14. The second kappa shape index (κ2) is 6.60. The molecular weight excluding hydrogens is 167 g/mol. The second-order valence-electron chi connectivity index (χ2n) is 3.55. The van der Waals surface area contributed by atoms with E-state index in [0.717, 1.165) is 19.3 Å². The Morgan fingerprint density at radius 1 is 1.08 bits per heavy atom. The fourth-order valence-corrected chi connectivity index (χ4v) is 2.08. The van der Waals surface area contributed by atoms with Crippen molar-refractivity contribution in [2.24, 2.45) is 0 Å². The van der Waals surface area contributed by atoms with Gasteiger partial charge in [0.15, 0.2) is 5.16 Å². The normalized spacial score (nSPS) is 12.2. The monoisotopic (exact) mass is 189 g/mol. The highest BCUT2D eigenvalue weighted by atomic mass is 31.1. The second-order valence-corrected chi connectivity index (χ2v) is 4.81. The third-order valence-electron chi connectivity index (χ3n) is 2.83. The molecule has 0 aliphatic carbocycles. The van der Waals surface area contributed by atoms with Gasteiger partial charge in [-0.3, -0.25) is 0 Å². The van der Waals surface area contributed by atoms with Crippen LogP contribution < -0.4 is 0 Å². The van der Waals surface area contributed by atoms with Crippen molar-refractivity contribution in [2.75, 3.05) is 0 Å². The molecule has 0 bridgehead atoms. The van der Waals surface area contributed by atoms with Crippen LogP contribution in [0.5, 0.6) is 0 Å². The van der Waals surface area contributed by atoms with Gasteiger partial charge < -0.3 is 0 Å². The molecule has 1 nitrogen and oxygen atoms in total. The summed E-state index contributed by atoms with van der Waals surface area (Å²) < 4.78 is 11.0. The first-order chi connectivity index (χ1) is 5.74. The van der Waals surface area contributed by atoms with Crippen molar-refractivity contribution in [2.45, 2.75) is 64.5 Å². The van der Waals surface area contributed by atoms with Crippen LogP contribution in [-0.2, 0) is 4.57 Å². The summed E-state index contributed by atoms with van der Waals surface area (Å²) in [4.78, 5) is 0. The Morgan fingerprint density at radius 2 is 1.67 bits per heavy atom. The van der Waals surface area contributed by atoms with Crippen molar-refractivity contribution in [3.63, 3.8) is 0 Å². The van der Waals surface area contributed by atoms with Gasteiger partial charge in [-0.15, -0.1) is 0 Å². The Bertz CT molecular complexity index is 119. The average Bonchev–Trinajstić information content (AvgIpc) is 2.14. The number of hydrogen-bond donors (Lipinski definition) is 0. The SMILES string of the molecule is CCCCCC(CC)(CC)[PH+]=O. The molecular formula is C10H22OP+. The van der Waals surface area contributed by atoms with Crippen LogP contribution in [0.2, 0.25) is 0 Å².